The van der Waals surface area contributed by atoms with E-state index in [1.165, 1.54) is 0 Å². The minimum absolute atomic E-state index is 0.00889. The molecule has 2 aromatic rings. The first-order chi connectivity index (χ1) is 12.7. The number of nitrogens with zero attached hydrogens (tertiary/aromatic N) is 4. The van der Waals surface area contributed by atoms with Gasteiger partial charge in [0.15, 0.2) is 0 Å². The van der Waals surface area contributed by atoms with Gasteiger partial charge in [-0.15, -0.1) is 0 Å². The van der Waals surface area contributed by atoms with Crippen molar-refractivity contribution in [3.05, 3.63) is 59.9 Å². The highest BCUT2D eigenvalue weighted by Gasteiger charge is 2.20. The first-order valence-electron chi connectivity index (χ1n) is 9.47. The number of amides is 1. The molecule has 0 unspecified atom stereocenters. The second-order valence-corrected chi connectivity index (χ2v) is 6.63. The third kappa shape index (κ3) is 4.41. The molecule has 1 saturated heterocycles. The van der Waals surface area contributed by atoms with Crippen molar-refractivity contribution in [2.24, 2.45) is 0 Å². The largest absolute Gasteiger partial charge is 0.369 e. The highest BCUT2D eigenvalue weighted by Crippen LogP contribution is 2.18. The van der Waals surface area contributed by atoms with Crippen LogP contribution in [0.5, 0.6) is 0 Å². The number of carbonyl (C=O) groups is 1. The molecule has 1 aliphatic heterocycles. The van der Waals surface area contributed by atoms with Gasteiger partial charge in [-0.2, -0.15) is 0 Å². The number of aromatic nitrogens is 1. The molecule has 0 N–H and O–H groups in total. The summed E-state index contributed by atoms with van der Waals surface area (Å²) in [5.41, 5.74) is 2.75. The number of anilines is 1. The van der Waals surface area contributed by atoms with Crippen molar-refractivity contribution < 1.29 is 4.79 Å². The van der Waals surface area contributed by atoms with Crippen molar-refractivity contribution in [2.45, 2.75) is 20.4 Å². The Balaban J connectivity index is 1.71. The number of hydrogen-bond donors (Lipinski definition) is 0. The zero-order chi connectivity index (χ0) is 18.4. The molecule has 5 nitrogen and oxygen atoms in total. The maximum Gasteiger partial charge on any atom is 0.272 e. The molecule has 138 valence electrons. The van der Waals surface area contributed by atoms with Gasteiger partial charge in [0.1, 0.15) is 5.69 Å². The summed E-state index contributed by atoms with van der Waals surface area (Å²) >= 11 is 0. The number of benzene rings is 1. The summed E-state index contributed by atoms with van der Waals surface area (Å²) in [4.78, 5) is 23.9. The van der Waals surface area contributed by atoms with E-state index < -0.39 is 0 Å². The van der Waals surface area contributed by atoms with Crippen LogP contribution >= 0.6 is 0 Å². The van der Waals surface area contributed by atoms with E-state index in [-0.39, 0.29) is 5.91 Å². The molecule has 5 heteroatoms. The monoisotopic (exact) mass is 352 g/mol. The van der Waals surface area contributed by atoms with Crippen molar-refractivity contribution in [3.8, 4) is 0 Å². The van der Waals surface area contributed by atoms with Gasteiger partial charge in [-0.3, -0.25) is 9.78 Å². The molecular weight excluding hydrogens is 324 g/mol. The number of pyridine rings is 1. The van der Waals surface area contributed by atoms with Crippen LogP contribution in [0.3, 0.4) is 0 Å². The molecule has 0 spiro atoms. The van der Waals surface area contributed by atoms with E-state index in [2.05, 4.69) is 21.7 Å². The Morgan fingerprint density at radius 2 is 1.81 bits per heavy atom. The van der Waals surface area contributed by atoms with E-state index in [1.807, 2.05) is 54.3 Å². The zero-order valence-corrected chi connectivity index (χ0v) is 15.8. The predicted octanol–water partition coefficient (Wildman–Crippen LogP) is 2.89. The minimum atomic E-state index is -0.00889. The van der Waals surface area contributed by atoms with E-state index in [0.717, 1.165) is 44.0 Å². The summed E-state index contributed by atoms with van der Waals surface area (Å²) in [6, 6.07) is 14.0. The molecule has 0 saturated carbocycles. The van der Waals surface area contributed by atoms with Crippen molar-refractivity contribution in [1.82, 2.24) is 14.8 Å². The van der Waals surface area contributed by atoms with Crippen LogP contribution in [0.4, 0.5) is 5.69 Å². The SMILES string of the molecule is CCN1CCN(c2ccnc(C(=O)N(CC)Cc3ccccc3)c2)CC1. The molecule has 3 rings (SSSR count). The maximum atomic E-state index is 13.0. The Labute approximate surface area is 156 Å². The van der Waals surface area contributed by atoms with Gasteiger partial charge in [-0.1, -0.05) is 37.3 Å². The lowest BCUT2D eigenvalue weighted by Crippen LogP contribution is -2.46. The van der Waals surface area contributed by atoms with Crippen molar-refractivity contribution >= 4 is 11.6 Å². The summed E-state index contributed by atoms with van der Waals surface area (Å²) in [6.07, 6.45) is 1.76. The second kappa shape index (κ2) is 8.81. The fraction of sp³-hybridized carbons (Fsp3) is 0.429. The van der Waals surface area contributed by atoms with E-state index in [0.29, 0.717) is 18.8 Å². The Bertz CT molecular complexity index is 711. The lowest BCUT2D eigenvalue weighted by Gasteiger charge is -2.35. The number of rotatable bonds is 6. The third-order valence-electron chi connectivity index (χ3n) is 5.03. The van der Waals surface area contributed by atoms with E-state index >= 15 is 0 Å². The average Bonchev–Trinajstić information content (AvgIpc) is 2.72. The molecule has 1 aromatic heterocycles. The van der Waals surface area contributed by atoms with Gasteiger partial charge in [0.25, 0.3) is 5.91 Å². The highest BCUT2D eigenvalue weighted by atomic mass is 16.2. The molecule has 0 aliphatic carbocycles. The van der Waals surface area contributed by atoms with Crippen LogP contribution in [0, 0.1) is 0 Å². The Morgan fingerprint density at radius 1 is 1.08 bits per heavy atom. The van der Waals surface area contributed by atoms with Gasteiger partial charge in [0.05, 0.1) is 0 Å². The molecule has 0 bridgehead atoms. The quantitative estimate of drug-likeness (QED) is 0.801. The van der Waals surface area contributed by atoms with Crippen molar-refractivity contribution in [3.63, 3.8) is 0 Å². The molecule has 1 aliphatic rings. The normalized spacial score (nSPS) is 15.1. The number of likely N-dealkylation sites (N-methyl/N-ethyl adjacent to an activating group) is 1. The topological polar surface area (TPSA) is 39.7 Å². The molecule has 1 fully saturated rings. The molecule has 2 heterocycles. The van der Waals surface area contributed by atoms with Crippen LogP contribution in [0.1, 0.15) is 29.9 Å². The van der Waals surface area contributed by atoms with E-state index in [4.69, 9.17) is 0 Å². The molecule has 1 amide bonds. The van der Waals surface area contributed by atoms with Gasteiger partial charge in [0, 0.05) is 51.2 Å². The Morgan fingerprint density at radius 3 is 2.46 bits per heavy atom. The van der Waals surface area contributed by atoms with Gasteiger partial charge >= 0.3 is 0 Å². The van der Waals surface area contributed by atoms with E-state index in [9.17, 15) is 4.79 Å². The summed E-state index contributed by atoms with van der Waals surface area (Å²) in [7, 11) is 0. The molecular formula is C21H28N4O. The lowest BCUT2D eigenvalue weighted by atomic mass is 10.2. The fourth-order valence-electron chi connectivity index (χ4n) is 3.35. The van der Waals surface area contributed by atoms with E-state index in [1.54, 1.807) is 6.20 Å². The smallest absolute Gasteiger partial charge is 0.272 e. The molecule has 26 heavy (non-hydrogen) atoms. The molecule has 0 atom stereocenters. The third-order valence-corrected chi connectivity index (χ3v) is 5.03. The minimum Gasteiger partial charge on any atom is -0.369 e. The van der Waals surface area contributed by atoms with Gasteiger partial charge in [-0.05, 0) is 31.2 Å². The standard InChI is InChI=1S/C21H28N4O/c1-3-23-12-14-25(15-13-23)19-10-11-22-20(16-19)21(26)24(4-2)17-18-8-6-5-7-9-18/h5-11,16H,3-4,12-15,17H2,1-2H3. The Hall–Kier alpha value is -2.40. The van der Waals surface area contributed by atoms with Crippen LogP contribution in [-0.2, 0) is 6.54 Å². The second-order valence-electron chi connectivity index (χ2n) is 6.63. The van der Waals surface area contributed by atoms with Gasteiger partial charge in [0.2, 0.25) is 0 Å². The van der Waals surface area contributed by atoms with Crippen LogP contribution in [0.15, 0.2) is 48.7 Å². The zero-order valence-electron chi connectivity index (χ0n) is 15.8. The summed E-state index contributed by atoms with van der Waals surface area (Å²) in [6.45, 7) is 10.7. The van der Waals surface area contributed by atoms with Crippen molar-refractivity contribution in [1.29, 1.82) is 0 Å². The van der Waals surface area contributed by atoms with Gasteiger partial charge < -0.3 is 14.7 Å². The summed E-state index contributed by atoms with van der Waals surface area (Å²) in [5, 5.41) is 0. The van der Waals surface area contributed by atoms with Crippen LogP contribution < -0.4 is 4.90 Å². The van der Waals surface area contributed by atoms with Gasteiger partial charge in [-0.25, -0.2) is 0 Å². The van der Waals surface area contributed by atoms with Crippen LogP contribution in [-0.4, -0.2) is 60.0 Å². The number of carbonyl (C=O) groups excluding carboxylic acids is 1. The fourth-order valence-corrected chi connectivity index (χ4v) is 3.35. The predicted molar refractivity (Wildman–Crippen MR) is 105 cm³/mol. The number of hydrogen-bond acceptors (Lipinski definition) is 4. The summed E-state index contributed by atoms with van der Waals surface area (Å²) in [5.74, 6) is -0.00889. The average molecular weight is 352 g/mol. The Kier molecular flexibility index (Phi) is 6.23. The maximum absolute atomic E-state index is 13.0. The highest BCUT2D eigenvalue weighted by molar-refractivity contribution is 5.93. The van der Waals surface area contributed by atoms with Crippen molar-refractivity contribution in [2.75, 3.05) is 44.2 Å². The molecule has 0 radical (unpaired) electrons. The van der Waals surface area contributed by atoms with Crippen LogP contribution in [0.25, 0.3) is 0 Å². The van der Waals surface area contributed by atoms with Crippen LogP contribution in [0.2, 0.25) is 0 Å². The first kappa shape index (κ1) is 18.4. The summed E-state index contributed by atoms with van der Waals surface area (Å²) < 4.78 is 0. The number of piperazine rings is 1. The lowest BCUT2D eigenvalue weighted by molar-refractivity contribution is 0.0746. The molecule has 1 aromatic carbocycles. The first-order valence-corrected chi connectivity index (χ1v) is 9.47.